The quantitative estimate of drug-likeness (QED) is 0.801. The number of benzene rings is 2. The molecule has 106 valence electrons. The molecule has 0 aliphatic carbocycles. The molecule has 1 fully saturated rings. The number of nitrogens with zero attached hydrogens (tertiary/aromatic N) is 1. The van der Waals surface area contributed by atoms with E-state index in [2.05, 4.69) is 72.6 Å². The Morgan fingerprint density at radius 3 is 2.76 bits per heavy atom. The van der Waals surface area contributed by atoms with E-state index in [4.69, 9.17) is 0 Å². The first-order valence-corrected chi connectivity index (χ1v) is 7.88. The van der Waals surface area contributed by atoms with Gasteiger partial charge in [-0.2, -0.15) is 0 Å². The highest BCUT2D eigenvalue weighted by molar-refractivity contribution is 5.67. The molecular weight excluding hydrogens is 254 g/mol. The molecule has 1 saturated heterocycles. The van der Waals surface area contributed by atoms with E-state index in [0.29, 0.717) is 6.04 Å². The zero-order valence-electron chi connectivity index (χ0n) is 12.5. The van der Waals surface area contributed by atoms with E-state index in [1.54, 1.807) is 0 Å². The highest BCUT2D eigenvalue weighted by atomic mass is 15.2. The Morgan fingerprint density at radius 1 is 1.10 bits per heavy atom. The lowest BCUT2D eigenvalue weighted by atomic mass is 9.94. The molecule has 2 atom stereocenters. The van der Waals surface area contributed by atoms with Crippen LogP contribution in [-0.4, -0.2) is 17.5 Å². The minimum atomic E-state index is 0.701. The fourth-order valence-electron chi connectivity index (χ4n) is 3.77. The first-order valence-electron chi connectivity index (χ1n) is 7.88. The molecule has 1 nitrogen and oxygen atoms in total. The molecular formula is C20H21N. The van der Waals surface area contributed by atoms with Gasteiger partial charge >= 0.3 is 0 Å². The van der Waals surface area contributed by atoms with Crippen LogP contribution in [0.25, 0.3) is 11.1 Å². The van der Waals surface area contributed by atoms with Gasteiger partial charge in [-0.05, 0) is 54.1 Å². The SMILES string of the molecule is Cc1ccccc1-c1cccc(CC2CC3C=CN2C3)c1. The van der Waals surface area contributed by atoms with E-state index < -0.39 is 0 Å². The maximum atomic E-state index is 2.52. The fourth-order valence-corrected chi connectivity index (χ4v) is 3.77. The van der Waals surface area contributed by atoms with Gasteiger partial charge in [-0.1, -0.05) is 54.6 Å². The molecule has 0 aromatic heterocycles. The minimum Gasteiger partial charge on any atom is -0.374 e. The van der Waals surface area contributed by atoms with Gasteiger partial charge in [0, 0.05) is 12.6 Å². The summed E-state index contributed by atoms with van der Waals surface area (Å²) < 4.78 is 0. The lowest BCUT2D eigenvalue weighted by Crippen LogP contribution is -2.25. The second-order valence-corrected chi connectivity index (χ2v) is 6.41. The summed E-state index contributed by atoms with van der Waals surface area (Å²) >= 11 is 0. The second kappa shape index (κ2) is 5.07. The van der Waals surface area contributed by atoms with E-state index in [-0.39, 0.29) is 0 Å². The van der Waals surface area contributed by atoms with E-state index in [0.717, 1.165) is 5.92 Å². The third-order valence-corrected chi connectivity index (χ3v) is 4.89. The van der Waals surface area contributed by atoms with Crippen LogP contribution in [-0.2, 0) is 6.42 Å². The molecule has 2 aromatic carbocycles. The Kier molecular flexibility index (Phi) is 3.07. The van der Waals surface area contributed by atoms with Crippen molar-refractivity contribution in [1.29, 1.82) is 0 Å². The van der Waals surface area contributed by atoms with E-state index in [1.807, 2.05) is 0 Å². The van der Waals surface area contributed by atoms with Crippen LogP contribution < -0.4 is 0 Å². The molecule has 0 saturated carbocycles. The molecule has 2 aromatic rings. The van der Waals surface area contributed by atoms with Crippen LogP contribution in [0.1, 0.15) is 17.5 Å². The highest BCUT2D eigenvalue weighted by Gasteiger charge is 2.32. The summed E-state index contributed by atoms with van der Waals surface area (Å²) in [4.78, 5) is 2.52. The number of aryl methyl sites for hydroxylation is 1. The lowest BCUT2D eigenvalue weighted by Gasteiger charge is -2.23. The van der Waals surface area contributed by atoms with Crippen LogP contribution >= 0.6 is 0 Å². The Balaban J connectivity index is 1.59. The van der Waals surface area contributed by atoms with Gasteiger partial charge in [0.1, 0.15) is 0 Å². The maximum Gasteiger partial charge on any atom is 0.0331 e. The van der Waals surface area contributed by atoms with Gasteiger partial charge in [0.2, 0.25) is 0 Å². The highest BCUT2D eigenvalue weighted by Crippen LogP contribution is 2.33. The van der Waals surface area contributed by atoms with Crippen LogP contribution in [0, 0.1) is 12.8 Å². The molecule has 1 heteroatoms. The van der Waals surface area contributed by atoms with Crippen molar-refractivity contribution in [2.24, 2.45) is 5.92 Å². The molecule has 21 heavy (non-hydrogen) atoms. The smallest absolute Gasteiger partial charge is 0.0331 e. The zero-order valence-corrected chi connectivity index (χ0v) is 12.5. The van der Waals surface area contributed by atoms with E-state index in [1.165, 1.54) is 41.6 Å². The van der Waals surface area contributed by atoms with Gasteiger partial charge in [-0.3, -0.25) is 0 Å². The molecule has 0 spiro atoms. The molecule has 2 bridgehead atoms. The molecule has 2 unspecified atom stereocenters. The van der Waals surface area contributed by atoms with Gasteiger partial charge in [-0.25, -0.2) is 0 Å². The van der Waals surface area contributed by atoms with Gasteiger partial charge in [-0.15, -0.1) is 0 Å². The van der Waals surface area contributed by atoms with Gasteiger partial charge in [0.05, 0.1) is 0 Å². The summed E-state index contributed by atoms with van der Waals surface area (Å²) in [5, 5.41) is 0. The minimum absolute atomic E-state index is 0.701. The fraction of sp³-hybridized carbons (Fsp3) is 0.300. The summed E-state index contributed by atoms with van der Waals surface area (Å²) in [5.74, 6) is 0.801. The van der Waals surface area contributed by atoms with Crippen molar-refractivity contribution in [2.45, 2.75) is 25.8 Å². The molecule has 2 heterocycles. The van der Waals surface area contributed by atoms with Crippen LogP contribution in [0.5, 0.6) is 0 Å². The van der Waals surface area contributed by atoms with Crippen LogP contribution in [0.3, 0.4) is 0 Å². The average Bonchev–Trinajstić information content (AvgIpc) is 3.11. The normalized spacial score (nSPS) is 23.0. The standard InChI is InChI=1S/C20H21N/c1-15-5-2-3-8-20(15)18-7-4-6-16(11-18)12-19-13-17-9-10-21(19)14-17/h2-11,17,19H,12-14H2,1H3. The van der Waals surface area contributed by atoms with Crippen molar-refractivity contribution in [3.8, 4) is 11.1 Å². The van der Waals surface area contributed by atoms with Crippen molar-refractivity contribution in [3.05, 3.63) is 71.9 Å². The number of hydrogen-bond donors (Lipinski definition) is 0. The van der Waals surface area contributed by atoms with Crippen molar-refractivity contribution < 1.29 is 0 Å². The zero-order chi connectivity index (χ0) is 14.2. The first-order chi connectivity index (χ1) is 10.3. The summed E-state index contributed by atoms with van der Waals surface area (Å²) in [5.41, 5.74) is 5.51. The van der Waals surface area contributed by atoms with Crippen molar-refractivity contribution in [1.82, 2.24) is 4.90 Å². The van der Waals surface area contributed by atoms with Gasteiger partial charge in [0.25, 0.3) is 0 Å². The topological polar surface area (TPSA) is 3.24 Å². The van der Waals surface area contributed by atoms with Gasteiger partial charge in [0.15, 0.2) is 0 Å². The first kappa shape index (κ1) is 12.7. The largest absolute Gasteiger partial charge is 0.374 e. The van der Waals surface area contributed by atoms with Crippen molar-refractivity contribution >= 4 is 0 Å². The Hall–Kier alpha value is -2.02. The Labute approximate surface area is 126 Å². The predicted molar refractivity (Wildman–Crippen MR) is 88.1 cm³/mol. The number of hydrogen-bond acceptors (Lipinski definition) is 1. The van der Waals surface area contributed by atoms with Crippen molar-refractivity contribution in [2.75, 3.05) is 6.54 Å². The maximum absolute atomic E-state index is 2.52. The molecule has 4 rings (SSSR count). The molecule has 0 amide bonds. The second-order valence-electron chi connectivity index (χ2n) is 6.41. The number of fused-ring (bicyclic) bond motifs is 2. The summed E-state index contributed by atoms with van der Waals surface area (Å²) in [6.07, 6.45) is 7.15. The number of rotatable bonds is 3. The lowest BCUT2D eigenvalue weighted by molar-refractivity contribution is 0.351. The third kappa shape index (κ3) is 2.37. The third-order valence-electron chi connectivity index (χ3n) is 4.89. The van der Waals surface area contributed by atoms with E-state index >= 15 is 0 Å². The molecule has 2 aliphatic rings. The van der Waals surface area contributed by atoms with Crippen molar-refractivity contribution in [3.63, 3.8) is 0 Å². The Morgan fingerprint density at radius 2 is 2.00 bits per heavy atom. The van der Waals surface area contributed by atoms with Gasteiger partial charge < -0.3 is 4.90 Å². The average molecular weight is 275 g/mol. The Bertz CT molecular complexity index is 686. The predicted octanol–water partition coefficient (Wildman–Crippen LogP) is 4.42. The summed E-state index contributed by atoms with van der Waals surface area (Å²) in [6.45, 7) is 3.43. The van der Waals surface area contributed by atoms with Crippen LogP contribution in [0.4, 0.5) is 0 Å². The van der Waals surface area contributed by atoms with Crippen LogP contribution in [0.15, 0.2) is 60.8 Å². The molecule has 0 N–H and O–H groups in total. The monoisotopic (exact) mass is 275 g/mol. The van der Waals surface area contributed by atoms with Crippen LogP contribution in [0.2, 0.25) is 0 Å². The molecule has 0 radical (unpaired) electrons. The summed E-state index contributed by atoms with van der Waals surface area (Å²) in [6, 6.07) is 18.4. The summed E-state index contributed by atoms with van der Waals surface area (Å²) in [7, 11) is 0. The molecule has 2 aliphatic heterocycles. The van der Waals surface area contributed by atoms with E-state index in [9.17, 15) is 0 Å².